The molecule has 28 heavy (non-hydrogen) atoms. The first-order chi connectivity index (χ1) is 13.1. The smallest absolute Gasteiger partial charge is 0.475 e. The van der Waals surface area contributed by atoms with Gasteiger partial charge in [-0.2, -0.15) is 13.2 Å². The molecule has 1 fully saturated rings. The molecular formula is C17H18F3N5O3. The van der Waals surface area contributed by atoms with Crippen molar-refractivity contribution < 1.29 is 27.9 Å². The monoisotopic (exact) mass is 397 g/mol. The lowest BCUT2D eigenvalue weighted by molar-refractivity contribution is -0.192. The highest BCUT2D eigenvalue weighted by atomic mass is 19.4. The van der Waals surface area contributed by atoms with Crippen LogP contribution < -0.4 is 16.0 Å². The molecule has 0 radical (unpaired) electrons. The predicted molar refractivity (Wildman–Crippen MR) is 96.9 cm³/mol. The first kappa shape index (κ1) is 21.1. The molecule has 1 aromatic carbocycles. The number of benzene rings is 1. The van der Waals surface area contributed by atoms with E-state index >= 15 is 0 Å². The lowest BCUT2D eigenvalue weighted by Crippen LogP contribution is -2.27. The maximum Gasteiger partial charge on any atom is 0.490 e. The number of aliphatic carboxylic acids is 1. The van der Waals surface area contributed by atoms with Crippen LogP contribution in [0.2, 0.25) is 0 Å². The minimum atomic E-state index is -5.08. The minimum Gasteiger partial charge on any atom is -0.475 e. The highest BCUT2D eigenvalue weighted by Gasteiger charge is 2.38. The highest BCUT2D eigenvalue weighted by Crippen LogP contribution is 2.27. The van der Waals surface area contributed by atoms with E-state index in [-0.39, 0.29) is 11.9 Å². The Balaban J connectivity index is 0.000000345. The van der Waals surface area contributed by atoms with Crippen LogP contribution in [-0.4, -0.2) is 52.3 Å². The fourth-order valence-electron chi connectivity index (χ4n) is 2.55. The summed E-state index contributed by atoms with van der Waals surface area (Å²) in [6, 6.07) is 5.79. The van der Waals surface area contributed by atoms with Gasteiger partial charge in [0.15, 0.2) is 0 Å². The van der Waals surface area contributed by atoms with Gasteiger partial charge in [-0.1, -0.05) is 6.58 Å². The zero-order valence-corrected chi connectivity index (χ0v) is 14.6. The van der Waals surface area contributed by atoms with Gasteiger partial charge in [-0.15, -0.1) is 0 Å². The Bertz CT molecular complexity index is 888. The molecule has 0 saturated carbocycles. The van der Waals surface area contributed by atoms with Crippen molar-refractivity contribution in [1.29, 1.82) is 0 Å². The molecule has 1 amide bonds. The third kappa shape index (κ3) is 5.39. The first-order valence-electron chi connectivity index (χ1n) is 8.10. The lowest BCUT2D eigenvalue weighted by Gasteiger charge is -2.18. The van der Waals surface area contributed by atoms with Crippen molar-refractivity contribution >= 4 is 34.3 Å². The van der Waals surface area contributed by atoms with Crippen molar-refractivity contribution in [1.82, 2.24) is 9.97 Å². The van der Waals surface area contributed by atoms with Gasteiger partial charge in [0.2, 0.25) is 5.91 Å². The Morgan fingerprint density at radius 1 is 1.36 bits per heavy atom. The van der Waals surface area contributed by atoms with E-state index in [1.165, 1.54) is 6.08 Å². The summed E-state index contributed by atoms with van der Waals surface area (Å²) in [6.45, 7) is 5.15. The fourth-order valence-corrected chi connectivity index (χ4v) is 2.55. The van der Waals surface area contributed by atoms with Crippen molar-refractivity contribution in [3.05, 3.63) is 37.2 Å². The van der Waals surface area contributed by atoms with Crippen LogP contribution in [0, 0.1) is 0 Å². The number of carbonyl (C=O) groups excluding carboxylic acids is 1. The Morgan fingerprint density at radius 3 is 2.57 bits per heavy atom. The second kappa shape index (κ2) is 8.65. The second-order valence-corrected chi connectivity index (χ2v) is 5.92. The van der Waals surface area contributed by atoms with Gasteiger partial charge in [0.1, 0.15) is 12.1 Å². The molecule has 8 nitrogen and oxygen atoms in total. The zero-order chi connectivity index (χ0) is 20.9. The number of nitrogens with two attached hydrogens (primary N) is 1. The number of hydrogen-bond acceptors (Lipinski definition) is 6. The van der Waals surface area contributed by atoms with E-state index < -0.39 is 12.1 Å². The first-order valence-corrected chi connectivity index (χ1v) is 8.10. The average Bonchev–Trinajstić information content (AvgIpc) is 3.06. The number of carboxylic acid groups (broad SMARTS) is 1. The molecule has 0 bridgehead atoms. The molecule has 0 aliphatic carbocycles. The number of halogens is 3. The van der Waals surface area contributed by atoms with Gasteiger partial charge < -0.3 is 21.1 Å². The van der Waals surface area contributed by atoms with Crippen LogP contribution in [0.25, 0.3) is 10.9 Å². The zero-order valence-electron chi connectivity index (χ0n) is 14.6. The molecule has 1 atom stereocenters. The molecule has 1 aliphatic rings. The molecule has 2 aromatic rings. The number of anilines is 2. The SMILES string of the molecule is C=CC(=O)Nc1ccc2c(N3CC[C@@H](N)C3)ncnc2c1.O=C(O)C(F)(F)F. The highest BCUT2D eigenvalue weighted by molar-refractivity contribution is 6.01. The number of fused-ring (bicyclic) bond motifs is 1. The number of alkyl halides is 3. The van der Waals surface area contributed by atoms with Gasteiger partial charge in [0.05, 0.1) is 5.52 Å². The lowest BCUT2D eigenvalue weighted by atomic mass is 10.2. The van der Waals surface area contributed by atoms with Gasteiger partial charge in [0, 0.05) is 30.2 Å². The Morgan fingerprint density at radius 2 is 2.04 bits per heavy atom. The summed E-state index contributed by atoms with van der Waals surface area (Å²) in [5.41, 5.74) is 7.44. The number of nitrogens with zero attached hydrogens (tertiary/aromatic N) is 3. The summed E-state index contributed by atoms with van der Waals surface area (Å²) >= 11 is 0. The average molecular weight is 397 g/mol. The normalized spacial score (nSPS) is 16.3. The predicted octanol–water partition coefficient (Wildman–Crippen LogP) is 1.92. The van der Waals surface area contributed by atoms with Crippen molar-refractivity contribution in [3.8, 4) is 0 Å². The Hall–Kier alpha value is -3.21. The van der Waals surface area contributed by atoms with Gasteiger partial charge in [-0.05, 0) is 30.7 Å². The van der Waals surface area contributed by atoms with Crippen LogP contribution in [-0.2, 0) is 9.59 Å². The number of hydrogen-bond donors (Lipinski definition) is 3. The summed E-state index contributed by atoms with van der Waals surface area (Å²) in [6.07, 6.45) is -1.33. The Labute approximate surface area is 157 Å². The number of amides is 1. The Kier molecular flexibility index (Phi) is 6.52. The number of carbonyl (C=O) groups is 2. The van der Waals surface area contributed by atoms with Crippen LogP contribution in [0.15, 0.2) is 37.2 Å². The maximum absolute atomic E-state index is 11.3. The standard InChI is InChI=1S/C15H17N5O.C2HF3O2/c1-2-14(21)19-11-3-4-12-13(7-11)17-9-18-15(12)20-6-5-10(16)8-20;3-2(4,5)1(6)7/h2-4,7,9-10H,1,5-6,8,16H2,(H,19,21);(H,6,7)/t10-;/m1./s1. The summed E-state index contributed by atoms with van der Waals surface area (Å²) in [5.74, 6) is -2.10. The molecule has 0 unspecified atom stereocenters. The summed E-state index contributed by atoms with van der Waals surface area (Å²) in [5, 5.41) is 10.8. The molecule has 0 spiro atoms. The topological polar surface area (TPSA) is 121 Å². The van der Waals surface area contributed by atoms with E-state index in [1.54, 1.807) is 6.33 Å². The summed E-state index contributed by atoms with van der Waals surface area (Å²) in [4.78, 5) is 31.1. The molecule has 2 heterocycles. The maximum atomic E-state index is 11.3. The minimum absolute atomic E-state index is 0.196. The van der Waals surface area contributed by atoms with E-state index in [4.69, 9.17) is 15.6 Å². The quantitative estimate of drug-likeness (QED) is 0.677. The van der Waals surface area contributed by atoms with Crippen LogP contribution in [0.3, 0.4) is 0 Å². The van der Waals surface area contributed by atoms with Crippen molar-refractivity contribution in [2.75, 3.05) is 23.3 Å². The second-order valence-electron chi connectivity index (χ2n) is 5.92. The van der Waals surface area contributed by atoms with Crippen molar-refractivity contribution in [2.24, 2.45) is 5.73 Å². The van der Waals surface area contributed by atoms with E-state index in [0.717, 1.165) is 36.2 Å². The van der Waals surface area contributed by atoms with Crippen LogP contribution in [0.1, 0.15) is 6.42 Å². The summed E-state index contributed by atoms with van der Waals surface area (Å²) in [7, 11) is 0. The van der Waals surface area contributed by atoms with Crippen molar-refractivity contribution in [3.63, 3.8) is 0 Å². The van der Waals surface area contributed by atoms with Crippen LogP contribution >= 0.6 is 0 Å². The van der Waals surface area contributed by atoms with Crippen LogP contribution in [0.4, 0.5) is 24.7 Å². The van der Waals surface area contributed by atoms with Crippen LogP contribution in [0.5, 0.6) is 0 Å². The third-order valence-corrected chi connectivity index (χ3v) is 3.84. The van der Waals surface area contributed by atoms with Gasteiger partial charge in [-0.3, -0.25) is 4.79 Å². The molecule has 150 valence electrons. The van der Waals surface area contributed by atoms with Gasteiger partial charge in [0.25, 0.3) is 0 Å². The van der Waals surface area contributed by atoms with Crippen molar-refractivity contribution in [2.45, 2.75) is 18.6 Å². The third-order valence-electron chi connectivity index (χ3n) is 3.84. The largest absolute Gasteiger partial charge is 0.490 e. The fraction of sp³-hybridized carbons (Fsp3) is 0.294. The van der Waals surface area contributed by atoms with E-state index in [1.807, 2.05) is 18.2 Å². The molecule has 1 aromatic heterocycles. The van der Waals surface area contributed by atoms with E-state index in [9.17, 15) is 18.0 Å². The molecule has 1 saturated heterocycles. The molecule has 11 heteroatoms. The molecule has 3 rings (SSSR count). The molecule has 4 N–H and O–H groups in total. The van der Waals surface area contributed by atoms with Gasteiger partial charge >= 0.3 is 12.1 Å². The van der Waals surface area contributed by atoms with Gasteiger partial charge in [-0.25, -0.2) is 14.8 Å². The van der Waals surface area contributed by atoms with E-state index in [0.29, 0.717) is 5.69 Å². The summed E-state index contributed by atoms with van der Waals surface area (Å²) < 4.78 is 31.7. The number of carboxylic acids is 1. The molecular weight excluding hydrogens is 379 g/mol. The van der Waals surface area contributed by atoms with E-state index in [2.05, 4.69) is 26.8 Å². The number of aromatic nitrogens is 2. The number of nitrogens with one attached hydrogen (secondary N) is 1. The molecule has 1 aliphatic heterocycles. The number of rotatable bonds is 3.